The van der Waals surface area contributed by atoms with Crippen LogP contribution in [-0.4, -0.2) is 20.0 Å². The van der Waals surface area contributed by atoms with Crippen LogP contribution in [0.15, 0.2) is 6.20 Å². The third-order valence-electron chi connectivity index (χ3n) is 2.61. The lowest BCUT2D eigenvalue weighted by molar-refractivity contribution is 0.780. The largest absolute Gasteiger partial charge is 0.384 e. The number of hydrogen-bond donors (Lipinski definition) is 2. The first-order chi connectivity index (χ1) is 7.15. The fraction of sp³-hybridized carbons (Fsp3) is 0.400. The number of nitrogens with two attached hydrogens (primary N) is 1. The summed E-state index contributed by atoms with van der Waals surface area (Å²) < 4.78 is 1.70. The van der Waals surface area contributed by atoms with Crippen molar-refractivity contribution in [2.75, 3.05) is 5.73 Å². The zero-order chi connectivity index (χ0) is 11.0. The Labute approximate surface area is 88.3 Å². The van der Waals surface area contributed by atoms with E-state index in [4.69, 9.17) is 5.73 Å². The number of rotatable bonds is 2. The third kappa shape index (κ3) is 1.40. The molecule has 2 aromatic heterocycles. The number of nitrogen functional groups attached to an aromatic ring is 1. The van der Waals surface area contributed by atoms with Gasteiger partial charge in [-0.05, 0) is 18.9 Å². The van der Waals surface area contributed by atoms with Gasteiger partial charge in [-0.15, -0.1) is 0 Å². The SMILES string of the molecule is CCc1c(-c2[nH]ncc2C)nn(C)c1N. The number of anilines is 1. The highest BCUT2D eigenvalue weighted by Gasteiger charge is 2.16. The zero-order valence-electron chi connectivity index (χ0n) is 9.20. The van der Waals surface area contributed by atoms with Gasteiger partial charge in [0, 0.05) is 12.6 Å². The van der Waals surface area contributed by atoms with Crippen molar-refractivity contribution in [2.24, 2.45) is 7.05 Å². The molecule has 15 heavy (non-hydrogen) atoms. The molecule has 0 amide bonds. The minimum absolute atomic E-state index is 0.724. The Kier molecular flexibility index (Phi) is 2.22. The molecular weight excluding hydrogens is 190 g/mol. The lowest BCUT2D eigenvalue weighted by Crippen LogP contribution is -1.98. The van der Waals surface area contributed by atoms with Crippen LogP contribution in [0.5, 0.6) is 0 Å². The Hall–Kier alpha value is -1.78. The van der Waals surface area contributed by atoms with E-state index in [9.17, 15) is 0 Å². The molecule has 2 rings (SSSR count). The van der Waals surface area contributed by atoms with Crippen molar-refractivity contribution in [1.29, 1.82) is 0 Å². The quantitative estimate of drug-likeness (QED) is 0.775. The molecule has 5 nitrogen and oxygen atoms in total. The molecule has 0 fully saturated rings. The van der Waals surface area contributed by atoms with Crippen LogP contribution in [-0.2, 0) is 13.5 Å². The topological polar surface area (TPSA) is 72.5 Å². The van der Waals surface area contributed by atoms with Gasteiger partial charge in [0.2, 0.25) is 0 Å². The van der Waals surface area contributed by atoms with Crippen molar-refractivity contribution in [3.05, 3.63) is 17.3 Å². The highest BCUT2D eigenvalue weighted by atomic mass is 15.3. The van der Waals surface area contributed by atoms with E-state index >= 15 is 0 Å². The lowest BCUT2D eigenvalue weighted by atomic mass is 10.1. The van der Waals surface area contributed by atoms with E-state index in [-0.39, 0.29) is 0 Å². The van der Waals surface area contributed by atoms with Crippen LogP contribution in [0.2, 0.25) is 0 Å². The predicted molar refractivity (Wildman–Crippen MR) is 59.3 cm³/mol. The summed E-state index contributed by atoms with van der Waals surface area (Å²) in [6.07, 6.45) is 2.66. The molecule has 0 aliphatic heterocycles. The minimum Gasteiger partial charge on any atom is -0.384 e. The Morgan fingerprint density at radius 1 is 1.53 bits per heavy atom. The number of nitrogens with one attached hydrogen (secondary N) is 1. The smallest absolute Gasteiger partial charge is 0.125 e. The van der Waals surface area contributed by atoms with Crippen LogP contribution >= 0.6 is 0 Å². The van der Waals surface area contributed by atoms with Crippen LogP contribution in [0.1, 0.15) is 18.1 Å². The maximum Gasteiger partial charge on any atom is 0.125 e. The molecular formula is C10H15N5. The highest BCUT2D eigenvalue weighted by Crippen LogP contribution is 2.27. The van der Waals surface area contributed by atoms with E-state index in [0.717, 1.165) is 34.8 Å². The van der Waals surface area contributed by atoms with E-state index < -0.39 is 0 Å². The first-order valence-electron chi connectivity index (χ1n) is 4.96. The maximum absolute atomic E-state index is 5.94. The predicted octanol–water partition coefficient (Wildman–Crippen LogP) is 1.26. The van der Waals surface area contributed by atoms with Gasteiger partial charge in [0.05, 0.1) is 11.9 Å². The van der Waals surface area contributed by atoms with Gasteiger partial charge >= 0.3 is 0 Å². The Bertz CT molecular complexity index is 480. The molecule has 3 N–H and O–H groups in total. The van der Waals surface area contributed by atoms with Crippen molar-refractivity contribution in [1.82, 2.24) is 20.0 Å². The fourth-order valence-electron chi connectivity index (χ4n) is 1.72. The van der Waals surface area contributed by atoms with E-state index in [2.05, 4.69) is 22.2 Å². The summed E-state index contributed by atoms with van der Waals surface area (Å²) in [7, 11) is 1.85. The average Bonchev–Trinajstić information content (AvgIpc) is 2.73. The van der Waals surface area contributed by atoms with E-state index in [0.29, 0.717) is 0 Å². The molecule has 0 radical (unpaired) electrons. The first-order valence-corrected chi connectivity index (χ1v) is 4.96. The number of aromatic nitrogens is 4. The van der Waals surface area contributed by atoms with Crippen molar-refractivity contribution in [2.45, 2.75) is 20.3 Å². The first kappa shape index (κ1) is 9.76. The van der Waals surface area contributed by atoms with Gasteiger partial charge in [-0.1, -0.05) is 6.92 Å². The normalized spacial score (nSPS) is 10.9. The van der Waals surface area contributed by atoms with E-state index in [1.807, 2.05) is 14.0 Å². The van der Waals surface area contributed by atoms with Crippen LogP contribution in [0.4, 0.5) is 5.82 Å². The number of aryl methyl sites for hydroxylation is 2. The highest BCUT2D eigenvalue weighted by molar-refractivity contribution is 5.67. The van der Waals surface area contributed by atoms with Crippen molar-refractivity contribution >= 4 is 5.82 Å². The van der Waals surface area contributed by atoms with Crippen molar-refractivity contribution in [3.8, 4) is 11.4 Å². The van der Waals surface area contributed by atoms with Gasteiger partial charge in [0.25, 0.3) is 0 Å². The van der Waals surface area contributed by atoms with Gasteiger partial charge in [0.1, 0.15) is 11.5 Å². The van der Waals surface area contributed by atoms with Gasteiger partial charge in [-0.2, -0.15) is 10.2 Å². The minimum atomic E-state index is 0.724. The third-order valence-corrected chi connectivity index (χ3v) is 2.61. The summed E-state index contributed by atoms with van der Waals surface area (Å²) in [6, 6.07) is 0. The second-order valence-corrected chi connectivity index (χ2v) is 3.62. The molecule has 0 saturated carbocycles. The molecule has 5 heteroatoms. The van der Waals surface area contributed by atoms with E-state index in [1.165, 1.54) is 0 Å². The average molecular weight is 205 g/mol. The van der Waals surface area contributed by atoms with Crippen LogP contribution in [0.25, 0.3) is 11.4 Å². The molecule has 2 aromatic rings. The molecule has 0 unspecified atom stereocenters. The van der Waals surface area contributed by atoms with E-state index in [1.54, 1.807) is 10.9 Å². The zero-order valence-corrected chi connectivity index (χ0v) is 9.20. The van der Waals surface area contributed by atoms with Gasteiger partial charge in [-0.3, -0.25) is 9.78 Å². The second kappa shape index (κ2) is 3.42. The molecule has 0 spiro atoms. The second-order valence-electron chi connectivity index (χ2n) is 3.62. The Balaban J connectivity index is 2.63. The van der Waals surface area contributed by atoms with Gasteiger partial charge in [-0.25, -0.2) is 0 Å². The van der Waals surface area contributed by atoms with Crippen LogP contribution in [0, 0.1) is 6.92 Å². The lowest BCUT2D eigenvalue weighted by Gasteiger charge is -1.98. The Morgan fingerprint density at radius 2 is 2.27 bits per heavy atom. The monoisotopic (exact) mass is 205 g/mol. The standard InChI is InChI=1S/C10H15N5/c1-4-7-9(14-15(3)10(7)11)8-6(2)5-12-13-8/h5H,4,11H2,1-3H3,(H,12,13). The summed E-state index contributed by atoms with van der Waals surface area (Å²) in [4.78, 5) is 0. The van der Waals surface area contributed by atoms with Gasteiger partial charge in [0.15, 0.2) is 0 Å². The van der Waals surface area contributed by atoms with Crippen LogP contribution < -0.4 is 5.73 Å². The number of H-pyrrole nitrogens is 1. The summed E-state index contributed by atoms with van der Waals surface area (Å²) in [5.41, 5.74) is 9.96. The molecule has 0 saturated heterocycles. The molecule has 0 aliphatic carbocycles. The number of aromatic amines is 1. The molecule has 2 heterocycles. The maximum atomic E-state index is 5.94. The number of nitrogens with zero attached hydrogens (tertiary/aromatic N) is 3. The molecule has 0 atom stereocenters. The van der Waals surface area contributed by atoms with Crippen molar-refractivity contribution < 1.29 is 0 Å². The molecule has 0 bridgehead atoms. The van der Waals surface area contributed by atoms with Gasteiger partial charge < -0.3 is 5.73 Å². The fourth-order valence-corrected chi connectivity index (χ4v) is 1.72. The summed E-state index contributed by atoms with van der Waals surface area (Å²) >= 11 is 0. The summed E-state index contributed by atoms with van der Waals surface area (Å²) in [6.45, 7) is 4.08. The van der Waals surface area contributed by atoms with Crippen molar-refractivity contribution in [3.63, 3.8) is 0 Å². The summed E-state index contributed by atoms with van der Waals surface area (Å²) in [5.74, 6) is 0.724. The number of hydrogen-bond acceptors (Lipinski definition) is 3. The molecule has 0 aliphatic rings. The molecule has 0 aromatic carbocycles. The van der Waals surface area contributed by atoms with Crippen LogP contribution in [0.3, 0.4) is 0 Å². The Morgan fingerprint density at radius 3 is 2.80 bits per heavy atom. The summed E-state index contributed by atoms with van der Waals surface area (Å²) in [5, 5.41) is 11.4. The molecule has 80 valence electrons.